The number of aromatic nitrogens is 1. The Morgan fingerprint density at radius 2 is 2.08 bits per heavy atom. The van der Waals surface area contributed by atoms with Crippen LogP contribution in [0, 0.1) is 17.3 Å². The number of alkyl halides is 1. The van der Waals surface area contributed by atoms with Gasteiger partial charge in [0.15, 0.2) is 0 Å². The molecule has 2 aromatic heterocycles. The molecule has 0 saturated heterocycles. The molecule has 132 valence electrons. The molecular formula is C19H20BrNO2S2. The van der Waals surface area contributed by atoms with Crippen molar-refractivity contribution in [3.05, 3.63) is 27.9 Å². The van der Waals surface area contributed by atoms with Crippen LogP contribution < -0.4 is 0 Å². The molecule has 0 N–H and O–H groups in total. The summed E-state index contributed by atoms with van der Waals surface area (Å²) in [6.07, 6.45) is 6.75. The van der Waals surface area contributed by atoms with Crippen LogP contribution >= 0.6 is 38.6 Å². The van der Waals surface area contributed by atoms with E-state index in [2.05, 4.69) is 37.7 Å². The fourth-order valence-electron chi connectivity index (χ4n) is 5.57. The number of halogens is 1. The molecule has 4 bridgehead atoms. The number of esters is 1. The van der Waals surface area contributed by atoms with Crippen molar-refractivity contribution >= 4 is 44.6 Å². The molecular weight excluding hydrogens is 418 g/mol. The van der Waals surface area contributed by atoms with Crippen LogP contribution in [0.4, 0.5) is 0 Å². The molecule has 0 radical (unpaired) electrons. The predicted molar refractivity (Wildman–Crippen MR) is 104 cm³/mol. The summed E-state index contributed by atoms with van der Waals surface area (Å²) < 4.78 is 5.96. The lowest BCUT2D eigenvalue weighted by molar-refractivity contribution is -0.171. The lowest BCUT2D eigenvalue weighted by Crippen LogP contribution is -2.56. The van der Waals surface area contributed by atoms with Gasteiger partial charge in [0.25, 0.3) is 0 Å². The molecule has 6 rings (SSSR count). The van der Waals surface area contributed by atoms with Gasteiger partial charge in [-0.1, -0.05) is 15.9 Å². The van der Waals surface area contributed by atoms with E-state index in [-0.39, 0.29) is 15.7 Å². The number of rotatable bonds is 4. The van der Waals surface area contributed by atoms with Crippen LogP contribution in [0.5, 0.6) is 0 Å². The van der Waals surface area contributed by atoms with Gasteiger partial charge in [0.1, 0.15) is 11.6 Å². The summed E-state index contributed by atoms with van der Waals surface area (Å²) in [7, 11) is 0. The number of hydrogen-bond donors (Lipinski definition) is 0. The van der Waals surface area contributed by atoms with E-state index in [0.717, 1.165) is 35.5 Å². The molecule has 4 aliphatic carbocycles. The zero-order chi connectivity index (χ0) is 17.1. The molecule has 2 unspecified atom stereocenters. The first-order valence-corrected chi connectivity index (χ1v) is 11.5. The Balaban J connectivity index is 1.28. The van der Waals surface area contributed by atoms with E-state index in [9.17, 15) is 4.79 Å². The molecule has 6 heteroatoms. The molecule has 0 aromatic carbocycles. The van der Waals surface area contributed by atoms with Gasteiger partial charge in [0.2, 0.25) is 0 Å². The zero-order valence-corrected chi connectivity index (χ0v) is 17.1. The molecule has 2 atom stereocenters. The van der Waals surface area contributed by atoms with Crippen LogP contribution in [-0.2, 0) is 16.1 Å². The van der Waals surface area contributed by atoms with Gasteiger partial charge in [-0.2, -0.15) is 11.3 Å². The summed E-state index contributed by atoms with van der Waals surface area (Å²) >= 11 is 7.25. The highest BCUT2D eigenvalue weighted by atomic mass is 79.9. The number of thiazole rings is 1. The first kappa shape index (κ1) is 16.5. The summed E-state index contributed by atoms with van der Waals surface area (Å²) in [4.78, 5) is 17.6. The Morgan fingerprint density at radius 3 is 2.76 bits per heavy atom. The van der Waals surface area contributed by atoms with Gasteiger partial charge < -0.3 is 4.74 Å². The molecule has 2 aromatic rings. The van der Waals surface area contributed by atoms with Crippen LogP contribution in [0.2, 0.25) is 0 Å². The van der Waals surface area contributed by atoms with Crippen LogP contribution in [0.15, 0.2) is 22.2 Å². The Hall–Kier alpha value is -0.720. The molecule has 2 heterocycles. The average Bonchev–Trinajstić information content (AvgIpc) is 3.21. The molecule has 0 amide bonds. The third-order valence-corrected chi connectivity index (χ3v) is 8.64. The van der Waals surface area contributed by atoms with Crippen molar-refractivity contribution < 1.29 is 9.53 Å². The first-order valence-electron chi connectivity index (χ1n) is 8.87. The number of carbonyl (C=O) groups excluding carboxylic acids is 1. The largest absolute Gasteiger partial charge is 0.459 e. The predicted octanol–water partition coefficient (Wildman–Crippen LogP) is 5.65. The lowest BCUT2D eigenvalue weighted by Gasteiger charge is -2.58. The number of hydrogen-bond acceptors (Lipinski definition) is 5. The van der Waals surface area contributed by atoms with E-state index in [1.807, 2.05) is 5.38 Å². The van der Waals surface area contributed by atoms with Crippen molar-refractivity contribution in [1.82, 2.24) is 4.98 Å². The summed E-state index contributed by atoms with van der Waals surface area (Å²) in [5.74, 6) is 1.39. The van der Waals surface area contributed by atoms with Gasteiger partial charge in [0.05, 0.1) is 11.1 Å². The second-order valence-corrected chi connectivity index (χ2v) is 11.4. The van der Waals surface area contributed by atoms with E-state index < -0.39 is 0 Å². The summed E-state index contributed by atoms with van der Waals surface area (Å²) in [5, 5.41) is 7.16. The second kappa shape index (κ2) is 5.89. The molecule has 4 aliphatic rings. The van der Waals surface area contributed by atoms with Gasteiger partial charge in [-0.15, -0.1) is 11.3 Å². The minimum atomic E-state index is -0.250. The summed E-state index contributed by atoms with van der Waals surface area (Å²) in [5.41, 5.74) is 1.76. The van der Waals surface area contributed by atoms with Crippen molar-refractivity contribution in [2.75, 3.05) is 0 Å². The van der Waals surface area contributed by atoms with Crippen molar-refractivity contribution in [1.29, 1.82) is 0 Å². The zero-order valence-electron chi connectivity index (χ0n) is 13.9. The Labute approximate surface area is 163 Å². The number of nitrogens with zero attached hydrogens (tertiary/aromatic N) is 1. The normalized spacial score (nSPS) is 35.9. The minimum absolute atomic E-state index is 0.00973. The lowest BCUT2D eigenvalue weighted by atomic mass is 9.49. The van der Waals surface area contributed by atoms with Crippen LogP contribution in [0.3, 0.4) is 0 Å². The SMILES string of the molecule is O=C(OCc1csc(-c2ccsc2)n1)C12CC3CC(CC(Br)(C3)C1)C2. The third kappa shape index (κ3) is 2.90. The molecule has 3 nitrogen and oxygen atoms in total. The van der Waals surface area contributed by atoms with Gasteiger partial charge in [-0.3, -0.25) is 4.79 Å². The van der Waals surface area contributed by atoms with Crippen molar-refractivity contribution in [2.45, 2.75) is 49.5 Å². The monoisotopic (exact) mass is 437 g/mol. The Morgan fingerprint density at radius 1 is 1.28 bits per heavy atom. The fraction of sp³-hybridized carbons (Fsp3) is 0.579. The highest BCUT2D eigenvalue weighted by Crippen LogP contribution is 2.64. The molecule has 0 spiro atoms. The second-order valence-electron chi connectivity index (χ2n) is 8.12. The Bertz CT molecular complexity index is 786. The van der Waals surface area contributed by atoms with E-state index in [0.29, 0.717) is 18.4 Å². The standard InChI is InChI=1S/C19H20BrNO2S2/c20-19-6-12-3-13(7-19)5-18(4-12,11-19)17(22)23-8-15-10-25-16(21-15)14-1-2-24-9-14/h1-2,9-10,12-13H,3-8,11H2. The smallest absolute Gasteiger partial charge is 0.312 e. The minimum Gasteiger partial charge on any atom is -0.459 e. The van der Waals surface area contributed by atoms with Gasteiger partial charge >= 0.3 is 5.97 Å². The van der Waals surface area contributed by atoms with Crippen LogP contribution in [0.1, 0.15) is 44.2 Å². The Kier molecular flexibility index (Phi) is 3.88. The van der Waals surface area contributed by atoms with Crippen LogP contribution in [-0.4, -0.2) is 15.3 Å². The molecule has 25 heavy (non-hydrogen) atoms. The van der Waals surface area contributed by atoms with E-state index >= 15 is 0 Å². The molecule has 4 saturated carbocycles. The average molecular weight is 438 g/mol. The van der Waals surface area contributed by atoms with E-state index in [4.69, 9.17) is 4.74 Å². The highest BCUT2D eigenvalue weighted by Gasteiger charge is 2.60. The highest BCUT2D eigenvalue weighted by molar-refractivity contribution is 9.10. The number of thiophene rings is 1. The van der Waals surface area contributed by atoms with Gasteiger partial charge in [-0.05, 0) is 61.8 Å². The molecule has 0 aliphatic heterocycles. The van der Waals surface area contributed by atoms with Gasteiger partial charge in [0, 0.05) is 20.6 Å². The van der Waals surface area contributed by atoms with Gasteiger partial charge in [-0.25, -0.2) is 4.98 Å². The summed E-state index contributed by atoms with van der Waals surface area (Å²) in [6, 6.07) is 2.07. The van der Waals surface area contributed by atoms with E-state index in [1.54, 1.807) is 22.7 Å². The number of ether oxygens (including phenoxy) is 1. The van der Waals surface area contributed by atoms with E-state index in [1.165, 1.54) is 19.3 Å². The van der Waals surface area contributed by atoms with Crippen molar-refractivity contribution in [2.24, 2.45) is 17.3 Å². The summed E-state index contributed by atoms with van der Waals surface area (Å²) in [6.45, 7) is 0.297. The number of carbonyl (C=O) groups is 1. The van der Waals surface area contributed by atoms with Crippen molar-refractivity contribution in [3.8, 4) is 10.6 Å². The maximum absolute atomic E-state index is 13.0. The van der Waals surface area contributed by atoms with Crippen LogP contribution in [0.25, 0.3) is 10.6 Å². The maximum Gasteiger partial charge on any atom is 0.312 e. The molecule has 4 fully saturated rings. The first-order chi connectivity index (χ1) is 12.0. The van der Waals surface area contributed by atoms with Crippen molar-refractivity contribution in [3.63, 3.8) is 0 Å². The maximum atomic E-state index is 13.0. The quantitative estimate of drug-likeness (QED) is 0.458. The fourth-order valence-corrected chi connectivity index (χ4v) is 8.54. The third-order valence-electron chi connectivity index (χ3n) is 6.09. The topological polar surface area (TPSA) is 39.2 Å².